The summed E-state index contributed by atoms with van der Waals surface area (Å²) in [6.07, 6.45) is 0.860. The van der Waals surface area contributed by atoms with Crippen molar-refractivity contribution in [3.05, 3.63) is 35.9 Å². The Kier molecular flexibility index (Phi) is 7.93. The Morgan fingerprint density at radius 3 is 2.16 bits per heavy atom. The molecule has 0 atom stereocenters. The van der Waals surface area contributed by atoms with Gasteiger partial charge in [0.05, 0.1) is 13.2 Å². The maximum Gasteiger partial charge on any atom is 0.501 e. The normalized spacial score (nSPS) is 11.7. The fourth-order valence-electron chi connectivity index (χ4n) is 1.92. The van der Waals surface area contributed by atoms with Crippen LogP contribution in [0.1, 0.15) is 19.4 Å². The fraction of sp³-hybridized carbons (Fsp3) is 0.571. The van der Waals surface area contributed by atoms with E-state index in [2.05, 4.69) is 12.1 Å². The molecule has 0 saturated carbocycles. The highest BCUT2D eigenvalue weighted by Gasteiger charge is 2.40. The van der Waals surface area contributed by atoms with Gasteiger partial charge in [-0.2, -0.15) is 0 Å². The van der Waals surface area contributed by atoms with Gasteiger partial charge in [-0.3, -0.25) is 0 Å². The zero-order chi connectivity index (χ0) is 14.0. The largest absolute Gasteiger partial charge is 0.501 e. The molecule has 1 aromatic carbocycles. The maximum absolute atomic E-state index is 8.94. The zero-order valence-electron chi connectivity index (χ0n) is 11.8. The molecule has 0 fully saturated rings. The third-order valence-corrected chi connectivity index (χ3v) is 5.67. The van der Waals surface area contributed by atoms with Crippen LogP contribution in [0, 0.1) is 0 Å². The smallest absolute Gasteiger partial charge is 0.394 e. The Hall–Kier alpha value is -0.723. The summed E-state index contributed by atoms with van der Waals surface area (Å²) in [5.74, 6) is 0. The lowest BCUT2D eigenvalue weighted by Crippen LogP contribution is -2.47. The predicted octanol–water partition coefficient (Wildman–Crippen LogP) is 2.25. The van der Waals surface area contributed by atoms with Crippen molar-refractivity contribution in [2.45, 2.75) is 26.3 Å². The average molecular weight is 284 g/mol. The molecule has 0 unspecified atom stereocenters. The lowest BCUT2D eigenvalue weighted by atomic mass is 10.2. The molecule has 0 amide bonds. The first-order valence-electron chi connectivity index (χ1n) is 6.83. The van der Waals surface area contributed by atoms with Crippen LogP contribution in [0.4, 0.5) is 0 Å². The van der Waals surface area contributed by atoms with Crippen molar-refractivity contribution in [2.75, 3.05) is 26.4 Å². The lowest BCUT2D eigenvalue weighted by Gasteiger charge is -2.28. The van der Waals surface area contributed by atoms with Crippen molar-refractivity contribution in [3.8, 4) is 0 Å². The van der Waals surface area contributed by atoms with Gasteiger partial charge in [-0.05, 0) is 25.8 Å². The van der Waals surface area contributed by atoms with E-state index < -0.39 is 8.80 Å². The molecule has 1 aromatic rings. The first-order chi connectivity index (χ1) is 9.26. The molecule has 1 rings (SSSR count). The summed E-state index contributed by atoms with van der Waals surface area (Å²) >= 11 is 0. The fourth-order valence-corrected chi connectivity index (χ4v) is 4.48. The number of benzene rings is 1. The minimum Gasteiger partial charge on any atom is -0.394 e. The van der Waals surface area contributed by atoms with Gasteiger partial charge < -0.3 is 18.4 Å². The quantitative estimate of drug-likeness (QED) is 0.670. The van der Waals surface area contributed by atoms with Gasteiger partial charge in [-0.15, -0.1) is 0 Å². The third-order valence-electron chi connectivity index (χ3n) is 2.70. The van der Waals surface area contributed by atoms with Crippen molar-refractivity contribution in [1.29, 1.82) is 0 Å². The second-order valence-electron chi connectivity index (χ2n) is 4.11. The molecule has 0 aliphatic heterocycles. The van der Waals surface area contributed by atoms with Crippen LogP contribution >= 0.6 is 0 Å². The Bertz CT molecular complexity index is 325. The first kappa shape index (κ1) is 16.3. The summed E-state index contributed by atoms with van der Waals surface area (Å²) in [4.78, 5) is 0. The van der Waals surface area contributed by atoms with Crippen LogP contribution in [0.5, 0.6) is 0 Å². The average Bonchev–Trinajstić information content (AvgIpc) is 2.45. The number of hydrogen-bond acceptors (Lipinski definition) is 4. The molecule has 5 heteroatoms. The van der Waals surface area contributed by atoms with Gasteiger partial charge >= 0.3 is 8.80 Å². The first-order valence-corrected chi connectivity index (χ1v) is 8.76. The van der Waals surface area contributed by atoms with E-state index in [-0.39, 0.29) is 13.2 Å². The second-order valence-corrected chi connectivity index (χ2v) is 6.84. The van der Waals surface area contributed by atoms with E-state index >= 15 is 0 Å². The van der Waals surface area contributed by atoms with Crippen molar-refractivity contribution in [2.24, 2.45) is 0 Å². The highest BCUT2D eigenvalue weighted by Crippen LogP contribution is 2.19. The van der Waals surface area contributed by atoms with E-state index in [0.717, 1.165) is 12.5 Å². The van der Waals surface area contributed by atoms with Crippen molar-refractivity contribution in [1.82, 2.24) is 0 Å². The van der Waals surface area contributed by atoms with Gasteiger partial charge in [-0.1, -0.05) is 30.3 Å². The molecular weight excluding hydrogens is 260 g/mol. The molecule has 0 aliphatic carbocycles. The Morgan fingerprint density at radius 1 is 1.00 bits per heavy atom. The van der Waals surface area contributed by atoms with Gasteiger partial charge in [0, 0.05) is 19.3 Å². The zero-order valence-corrected chi connectivity index (χ0v) is 12.8. The molecule has 19 heavy (non-hydrogen) atoms. The van der Waals surface area contributed by atoms with E-state index in [1.807, 2.05) is 32.0 Å². The number of aryl methyl sites for hydroxylation is 1. The van der Waals surface area contributed by atoms with E-state index in [1.54, 1.807) is 0 Å². The van der Waals surface area contributed by atoms with Gasteiger partial charge in [0.25, 0.3) is 0 Å². The minimum atomic E-state index is -2.66. The van der Waals surface area contributed by atoms with E-state index in [1.165, 1.54) is 5.56 Å². The van der Waals surface area contributed by atoms with E-state index in [4.69, 9.17) is 18.4 Å². The molecule has 0 aliphatic rings. The monoisotopic (exact) mass is 284 g/mol. The predicted molar refractivity (Wildman–Crippen MR) is 77.0 cm³/mol. The summed E-state index contributed by atoms with van der Waals surface area (Å²) < 4.78 is 17.3. The molecule has 0 saturated heterocycles. The van der Waals surface area contributed by atoms with Crippen LogP contribution in [0.2, 0.25) is 6.04 Å². The number of hydrogen-bond donors (Lipinski definition) is 1. The van der Waals surface area contributed by atoms with Gasteiger partial charge in [-0.25, -0.2) is 0 Å². The topological polar surface area (TPSA) is 47.9 Å². The van der Waals surface area contributed by atoms with Crippen molar-refractivity contribution < 1.29 is 18.4 Å². The highest BCUT2D eigenvalue weighted by atomic mass is 28.4. The summed E-state index contributed by atoms with van der Waals surface area (Å²) in [5, 5.41) is 8.94. The van der Waals surface area contributed by atoms with Crippen LogP contribution in [-0.4, -0.2) is 40.3 Å². The van der Waals surface area contributed by atoms with Crippen LogP contribution in [-0.2, 0) is 19.7 Å². The molecule has 1 N–H and O–H groups in total. The van der Waals surface area contributed by atoms with Crippen LogP contribution in [0.25, 0.3) is 0 Å². The summed E-state index contributed by atoms with van der Waals surface area (Å²) in [7, 11) is -2.66. The van der Waals surface area contributed by atoms with Crippen LogP contribution in [0.15, 0.2) is 30.3 Å². The molecule has 0 heterocycles. The molecule has 0 bridgehead atoms. The summed E-state index contributed by atoms with van der Waals surface area (Å²) in [6, 6.07) is 11.0. The van der Waals surface area contributed by atoms with Crippen molar-refractivity contribution >= 4 is 8.80 Å². The maximum atomic E-state index is 8.94. The standard InChI is InChI=1S/C14H24O4Si/c1-3-16-19(17-4-2,18-12-11-15)13-10-14-8-6-5-7-9-14/h5-9,15H,3-4,10-13H2,1-2H3. The molecule has 0 aromatic heterocycles. The van der Waals surface area contributed by atoms with Crippen molar-refractivity contribution in [3.63, 3.8) is 0 Å². The van der Waals surface area contributed by atoms with Crippen LogP contribution < -0.4 is 0 Å². The molecular formula is C14H24O4Si. The Labute approximate surface area is 116 Å². The SMILES string of the molecule is CCO[Si](CCc1ccccc1)(OCC)OCCO. The highest BCUT2D eigenvalue weighted by molar-refractivity contribution is 6.60. The summed E-state index contributed by atoms with van der Waals surface area (Å²) in [5.41, 5.74) is 1.24. The van der Waals surface area contributed by atoms with E-state index in [9.17, 15) is 0 Å². The molecule has 108 valence electrons. The number of aliphatic hydroxyl groups excluding tert-OH is 1. The van der Waals surface area contributed by atoms with Gasteiger partial charge in [0.2, 0.25) is 0 Å². The number of rotatable bonds is 10. The summed E-state index contributed by atoms with van der Waals surface area (Å²) in [6.45, 7) is 5.25. The van der Waals surface area contributed by atoms with Gasteiger partial charge in [0.1, 0.15) is 0 Å². The molecule has 4 nitrogen and oxygen atoms in total. The lowest BCUT2D eigenvalue weighted by molar-refractivity contribution is 0.0534. The third kappa shape index (κ3) is 5.84. The molecule has 0 radical (unpaired) electrons. The Balaban J connectivity index is 2.65. The van der Waals surface area contributed by atoms with Crippen LogP contribution in [0.3, 0.4) is 0 Å². The number of aliphatic hydroxyl groups is 1. The van der Waals surface area contributed by atoms with Gasteiger partial charge in [0.15, 0.2) is 0 Å². The molecule has 0 spiro atoms. The minimum absolute atomic E-state index is 0.0137. The Morgan fingerprint density at radius 2 is 1.63 bits per heavy atom. The van der Waals surface area contributed by atoms with E-state index in [0.29, 0.717) is 13.2 Å². The second kappa shape index (κ2) is 9.22.